The average molecular weight is 314 g/mol. The van der Waals surface area contributed by atoms with Crippen LogP contribution < -0.4 is 0 Å². The summed E-state index contributed by atoms with van der Waals surface area (Å²) < 4.78 is 21.2. The molecule has 0 amide bonds. The minimum absolute atomic E-state index is 0.0846. The van der Waals surface area contributed by atoms with Gasteiger partial charge in [0.05, 0.1) is 6.10 Å². The highest BCUT2D eigenvalue weighted by atomic mass is 16.6. The normalized spacial score (nSPS) is 27.6. The standard InChI is InChI=1S/C15H22O7/c1-5-6-12-7-13(20-10(3)17)15(21-11(4)18)14(22-12)8-19-9(2)16/h5,12-15H,1,6-8H2,2-4H3/t12-,13-,14-,15-/m1/s1. The monoisotopic (exact) mass is 314 g/mol. The number of esters is 3. The third-order valence-electron chi connectivity index (χ3n) is 3.10. The predicted octanol–water partition coefficient (Wildman–Crippen LogP) is 1.15. The molecule has 0 aromatic rings. The predicted molar refractivity (Wildman–Crippen MR) is 75.8 cm³/mol. The molecule has 7 nitrogen and oxygen atoms in total. The summed E-state index contributed by atoms with van der Waals surface area (Å²) in [5.41, 5.74) is 0. The second kappa shape index (κ2) is 8.53. The maximum absolute atomic E-state index is 11.3. The molecule has 0 bridgehead atoms. The molecule has 1 aliphatic heterocycles. The molecule has 1 heterocycles. The van der Waals surface area contributed by atoms with E-state index in [-0.39, 0.29) is 12.7 Å². The van der Waals surface area contributed by atoms with Crippen LogP contribution in [0.5, 0.6) is 0 Å². The number of carbonyl (C=O) groups is 3. The lowest BCUT2D eigenvalue weighted by atomic mass is 9.96. The zero-order valence-electron chi connectivity index (χ0n) is 13.1. The summed E-state index contributed by atoms with van der Waals surface area (Å²) >= 11 is 0. The first-order chi connectivity index (χ1) is 10.3. The van der Waals surface area contributed by atoms with Crippen LogP contribution in [-0.4, -0.2) is 48.9 Å². The van der Waals surface area contributed by atoms with Crippen LogP contribution in [0.1, 0.15) is 33.6 Å². The Bertz CT molecular complexity index is 432. The summed E-state index contributed by atoms with van der Waals surface area (Å²) in [4.78, 5) is 33.6. The number of hydrogen-bond donors (Lipinski definition) is 0. The minimum atomic E-state index is -0.818. The molecule has 1 rings (SSSR count). The van der Waals surface area contributed by atoms with Gasteiger partial charge in [0.15, 0.2) is 6.10 Å². The van der Waals surface area contributed by atoms with E-state index in [1.54, 1.807) is 6.08 Å². The molecule has 0 unspecified atom stereocenters. The number of rotatable bonds is 6. The summed E-state index contributed by atoms with van der Waals surface area (Å²) in [5.74, 6) is -1.48. The second-order valence-corrected chi connectivity index (χ2v) is 5.08. The Hall–Kier alpha value is -1.89. The van der Waals surface area contributed by atoms with Crippen molar-refractivity contribution in [2.75, 3.05) is 6.61 Å². The summed E-state index contributed by atoms with van der Waals surface area (Å²) in [7, 11) is 0. The molecule has 0 N–H and O–H groups in total. The summed E-state index contributed by atoms with van der Waals surface area (Å²) in [6.45, 7) is 7.37. The van der Waals surface area contributed by atoms with Crippen LogP contribution in [0.2, 0.25) is 0 Å². The Labute approximate surface area is 129 Å². The molecule has 7 heteroatoms. The molecule has 1 aliphatic rings. The number of hydrogen-bond acceptors (Lipinski definition) is 7. The van der Waals surface area contributed by atoms with E-state index in [1.807, 2.05) is 0 Å². The lowest BCUT2D eigenvalue weighted by molar-refractivity contribution is -0.214. The van der Waals surface area contributed by atoms with Crippen molar-refractivity contribution in [2.24, 2.45) is 0 Å². The van der Waals surface area contributed by atoms with Gasteiger partial charge in [0.25, 0.3) is 0 Å². The first-order valence-corrected chi connectivity index (χ1v) is 7.07. The Morgan fingerprint density at radius 1 is 1.14 bits per heavy atom. The molecule has 0 aromatic carbocycles. The van der Waals surface area contributed by atoms with E-state index in [4.69, 9.17) is 18.9 Å². The van der Waals surface area contributed by atoms with Crippen molar-refractivity contribution in [3.63, 3.8) is 0 Å². The van der Waals surface area contributed by atoms with Crippen LogP contribution >= 0.6 is 0 Å². The third kappa shape index (κ3) is 5.85. The fourth-order valence-corrected chi connectivity index (χ4v) is 2.36. The van der Waals surface area contributed by atoms with Crippen LogP contribution in [0, 0.1) is 0 Å². The molecular weight excluding hydrogens is 292 g/mol. The van der Waals surface area contributed by atoms with Crippen molar-refractivity contribution in [2.45, 2.75) is 58.0 Å². The zero-order chi connectivity index (χ0) is 16.7. The van der Waals surface area contributed by atoms with Crippen LogP contribution in [0.15, 0.2) is 12.7 Å². The van der Waals surface area contributed by atoms with E-state index < -0.39 is 36.2 Å². The molecule has 0 radical (unpaired) electrons. The van der Waals surface area contributed by atoms with Gasteiger partial charge in [-0.3, -0.25) is 14.4 Å². The minimum Gasteiger partial charge on any atom is -0.463 e. The molecule has 22 heavy (non-hydrogen) atoms. The molecule has 124 valence electrons. The van der Waals surface area contributed by atoms with E-state index in [1.165, 1.54) is 20.8 Å². The van der Waals surface area contributed by atoms with Gasteiger partial charge in [0, 0.05) is 27.2 Å². The summed E-state index contributed by atoms with van der Waals surface area (Å²) in [5, 5.41) is 0. The van der Waals surface area contributed by atoms with Crippen molar-refractivity contribution in [1.82, 2.24) is 0 Å². The molecule has 0 aromatic heterocycles. The number of ether oxygens (including phenoxy) is 4. The van der Waals surface area contributed by atoms with Gasteiger partial charge in [0.2, 0.25) is 0 Å². The smallest absolute Gasteiger partial charge is 0.303 e. The second-order valence-electron chi connectivity index (χ2n) is 5.08. The molecule has 0 spiro atoms. The molecule has 0 aliphatic carbocycles. The molecule has 1 saturated heterocycles. The molecule has 0 saturated carbocycles. The maximum Gasteiger partial charge on any atom is 0.303 e. The van der Waals surface area contributed by atoms with Gasteiger partial charge in [-0.2, -0.15) is 0 Å². The van der Waals surface area contributed by atoms with E-state index in [0.29, 0.717) is 12.8 Å². The quantitative estimate of drug-likeness (QED) is 0.413. The van der Waals surface area contributed by atoms with Gasteiger partial charge in [0.1, 0.15) is 18.8 Å². The molecular formula is C15H22O7. The van der Waals surface area contributed by atoms with Crippen molar-refractivity contribution < 1.29 is 33.3 Å². The Balaban J connectivity index is 2.91. The van der Waals surface area contributed by atoms with Crippen molar-refractivity contribution in [3.05, 3.63) is 12.7 Å². The highest BCUT2D eigenvalue weighted by Gasteiger charge is 2.43. The fourth-order valence-electron chi connectivity index (χ4n) is 2.36. The Kier molecular flexibility index (Phi) is 7.04. The molecule has 1 fully saturated rings. The first-order valence-electron chi connectivity index (χ1n) is 7.07. The van der Waals surface area contributed by atoms with Gasteiger partial charge in [-0.05, 0) is 6.42 Å². The first kappa shape index (κ1) is 18.2. The van der Waals surface area contributed by atoms with Crippen LogP contribution in [0.4, 0.5) is 0 Å². The third-order valence-corrected chi connectivity index (χ3v) is 3.10. The van der Waals surface area contributed by atoms with E-state index >= 15 is 0 Å². The van der Waals surface area contributed by atoms with Crippen LogP contribution in [-0.2, 0) is 33.3 Å². The SMILES string of the molecule is C=CC[C@@H]1C[C@@H](OC(C)=O)[C@@H](OC(C)=O)[C@@H](COC(C)=O)O1. The van der Waals surface area contributed by atoms with Gasteiger partial charge >= 0.3 is 17.9 Å². The topological polar surface area (TPSA) is 88.1 Å². The number of carbonyl (C=O) groups excluding carboxylic acids is 3. The largest absolute Gasteiger partial charge is 0.463 e. The van der Waals surface area contributed by atoms with Crippen molar-refractivity contribution in [3.8, 4) is 0 Å². The summed E-state index contributed by atoms with van der Waals surface area (Å²) in [6.07, 6.45) is 0.179. The Morgan fingerprint density at radius 3 is 2.27 bits per heavy atom. The maximum atomic E-state index is 11.3. The van der Waals surface area contributed by atoms with Gasteiger partial charge < -0.3 is 18.9 Å². The van der Waals surface area contributed by atoms with E-state index in [0.717, 1.165) is 0 Å². The zero-order valence-corrected chi connectivity index (χ0v) is 13.1. The van der Waals surface area contributed by atoms with Crippen molar-refractivity contribution in [1.29, 1.82) is 0 Å². The Morgan fingerprint density at radius 2 is 1.77 bits per heavy atom. The highest BCUT2D eigenvalue weighted by molar-refractivity contribution is 5.67. The lowest BCUT2D eigenvalue weighted by Crippen LogP contribution is -2.53. The van der Waals surface area contributed by atoms with Crippen LogP contribution in [0.25, 0.3) is 0 Å². The lowest BCUT2D eigenvalue weighted by Gasteiger charge is -2.40. The van der Waals surface area contributed by atoms with E-state index in [2.05, 4.69) is 6.58 Å². The fraction of sp³-hybridized carbons (Fsp3) is 0.667. The van der Waals surface area contributed by atoms with Gasteiger partial charge in [-0.25, -0.2) is 0 Å². The highest BCUT2D eigenvalue weighted by Crippen LogP contribution is 2.28. The average Bonchev–Trinajstić information content (AvgIpc) is 2.38. The van der Waals surface area contributed by atoms with Gasteiger partial charge in [-0.15, -0.1) is 6.58 Å². The molecule has 4 atom stereocenters. The van der Waals surface area contributed by atoms with Crippen molar-refractivity contribution >= 4 is 17.9 Å². The van der Waals surface area contributed by atoms with Crippen LogP contribution in [0.3, 0.4) is 0 Å². The summed E-state index contributed by atoms with van der Waals surface area (Å²) in [6, 6.07) is 0. The van der Waals surface area contributed by atoms with E-state index in [9.17, 15) is 14.4 Å². The van der Waals surface area contributed by atoms with Gasteiger partial charge in [-0.1, -0.05) is 6.08 Å².